The molecule has 0 atom stereocenters. The van der Waals surface area contributed by atoms with Gasteiger partial charge in [0, 0.05) is 38.0 Å². The number of rotatable bonds is 10. The van der Waals surface area contributed by atoms with E-state index < -0.39 is 0 Å². The van der Waals surface area contributed by atoms with Crippen molar-refractivity contribution in [2.45, 2.75) is 33.1 Å². The maximum absolute atomic E-state index is 13.0. The minimum Gasteiger partial charge on any atom is -0.348 e. The Morgan fingerprint density at radius 3 is 2.90 bits per heavy atom. The highest BCUT2D eigenvalue weighted by atomic mass is 35.5. The Morgan fingerprint density at radius 2 is 2.24 bits per heavy atom. The average molecular weight is 431 g/mol. The van der Waals surface area contributed by atoms with E-state index >= 15 is 0 Å². The highest BCUT2D eigenvalue weighted by Crippen LogP contribution is 2.23. The fourth-order valence-corrected chi connectivity index (χ4v) is 3.37. The van der Waals surface area contributed by atoms with Crippen LogP contribution in [0, 0.1) is 0 Å². The van der Waals surface area contributed by atoms with E-state index in [-0.39, 0.29) is 5.91 Å². The van der Waals surface area contributed by atoms with Gasteiger partial charge in [0.1, 0.15) is 5.03 Å². The van der Waals surface area contributed by atoms with Gasteiger partial charge in [-0.15, -0.1) is 11.5 Å². The molecule has 3 nitrogen and oxygen atoms in total. The Labute approximate surface area is 185 Å². The Bertz CT molecular complexity index is 807. The molecule has 0 fully saturated rings. The van der Waals surface area contributed by atoms with Gasteiger partial charge in [0.2, 0.25) is 5.91 Å². The fraction of sp³-hybridized carbons (Fsp3) is 0.375. The third-order valence-corrected chi connectivity index (χ3v) is 5.11. The Morgan fingerprint density at radius 1 is 1.48 bits per heavy atom. The third kappa shape index (κ3) is 8.85. The quantitative estimate of drug-likeness (QED) is 0.235. The van der Waals surface area contributed by atoms with Gasteiger partial charge < -0.3 is 9.80 Å². The molecule has 29 heavy (non-hydrogen) atoms. The molecule has 0 heterocycles. The van der Waals surface area contributed by atoms with Gasteiger partial charge in [0.15, 0.2) is 0 Å². The molecule has 0 N–H and O–H groups in total. The molecular weight excluding hydrogens is 400 g/mol. The zero-order valence-corrected chi connectivity index (χ0v) is 19.4. The number of carbonyl (C=O) groups excluding carboxylic acids is 1. The van der Waals surface area contributed by atoms with Crippen molar-refractivity contribution in [2.24, 2.45) is 0 Å². The van der Waals surface area contributed by atoms with Crippen molar-refractivity contribution in [3.63, 3.8) is 0 Å². The van der Waals surface area contributed by atoms with Crippen LogP contribution in [0.5, 0.6) is 0 Å². The molecule has 1 rings (SSSR count). The van der Waals surface area contributed by atoms with Gasteiger partial charge in [-0.2, -0.15) is 11.8 Å². The number of thioether (sulfide) groups is 1. The predicted octanol–water partition coefficient (Wildman–Crippen LogP) is 6.16. The molecule has 0 aromatic heterocycles. The van der Waals surface area contributed by atoms with Gasteiger partial charge in [-0.3, -0.25) is 4.79 Å². The summed E-state index contributed by atoms with van der Waals surface area (Å²) in [6.07, 6.45) is 17.6. The highest BCUT2D eigenvalue weighted by molar-refractivity contribution is 7.98. The van der Waals surface area contributed by atoms with Crippen molar-refractivity contribution in [2.75, 3.05) is 25.6 Å². The number of amides is 1. The van der Waals surface area contributed by atoms with Crippen LogP contribution in [-0.2, 0) is 4.79 Å². The van der Waals surface area contributed by atoms with E-state index in [1.54, 1.807) is 22.7 Å². The van der Waals surface area contributed by atoms with Crippen LogP contribution < -0.4 is 0 Å². The lowest BCUT2D eigenvalue weighted by atomic mass is 10.1. The largest absolute Gasteiger partial charge is 0.348 e. The lowest BCUT2D eigenvalue weighted by Gasteiger charge is -2.26. The second-order valence-corrected chi connectivity index (χ2v) is 7.81. The van der Waals surface area contributed by atoms with Gasteiger partial charge in [-0.1, -0.05) is 35.9 Å². The number of carbonyl (C=O) groups is 1. The molecule has 0 aromatic rings. The van der Waals surface area contributed by atoms with Crippen molar-refractivity contribution >= 4 is 29.3 Å². The Kier molecular flexibility index (Phi) is 12.0. The molecule has 1 aliphatic carbocycles. The van der Waals surface area contributed by atoms with Crippen molar-refractivity contribution in [1.29, 1.82) is 0 Å². The Balaban J connectivity index is 3.22. The van der Waals surface area contributed by atoms with Crippen LogP contribution in [0.4, 0.5) is 0 Å². The monoisotopic (exact) mass is 430 g/mol. The van der Waals surface area contributed by atoms with Gasteiger partial charge in [0.05, 0.1) is 5.70 Å². The van der Waals surface area contributed by atoms with Crippen LogP contribution in [0.3, 0.4) is 0 Å². The third-order valence-electron chi connectivity index (χ3n) is 4.19. The molecule has 0 saturated heterocycles. The van der Waals surface area contributed by atoms with Gasteiger partial charge in [-0.05, 0) is 56.9 Å². The molecule has 5 heteroatoms. The SMILES string of the molecule is C=C(CCSC)CC(=O)N(CC)C(=CN(C)C1=CC=CCC=C=C1)C(Cl)=C=CC. The first-order valence-electron chi connectivity index (χ1n) is 9.70. The zero-order chi connectivity index (χ0) is 21.6. The minimum absolute atomic E-state index is 0.0173. The van der Waals surface area contributed by atoms with E-state index in [0.29, 0.717) is 23.7 Å². The smallest absolute Gasteiger partial charge is 0.231 e. The Hall–Kier alpha value is -2.09. The van der Waals surface area contributed by atoms with E-state index in [2.05, 4.69) is 30.4 Å². The maximum Gasteiger partial charge on any atom is 0.231 e. The van der Waals surface area contributed by atoms with Crippen LogP contribution in [0.25, 0.3) is 0 Å². The number of halogens is 1. The van der Waals surface area contributed by atoms with Gasteiger partial charge >= 0.3 is 0 Å². The van der Waals surface area contributed by atoms with Crippen molar-refractivity contribution < 1.29 is 4.79 Å². The molecule has 0 saturated carbocycles. The predicted molar refractivity (Wildman–Crippen MR) is 128 cm³/mol. The first-order valence-corrected chi connectivity index (χ1v) is 11.5. The summed E-state index contributed by atoms with van der Waals surface area (Å²) < 4.78 is 0. The minimum atomic E-state index is -0.0173. The highest BCUT2D eigenvalue weighted by Gasteiger charge is 2.20. The topological polar surface area (TPSA) is 23.6 Å². The van der Waals surface area contributed by atoms with Crippen molar-refractivity contribution in [1.82, 2.24) is 9.80 Å². The number of hydrogen-bond donors (Lipinski definition) is 0. The van der Waals surface area contributed by atoms with Crippen LogP contribution >= 0.6 is 23.4 Å². The van der Waals surface area contributed by atoms with Crippen LogP contribution in [0.15, 0.2) is 82.7 Å². The van der Waals surface area contributed by atoms with E-state index in [9.17, 15) is 4.79 Å². The van der Waals surface area contributed by atoms with E-state index in [1.807, 2.05) is 56.3 Å². The normalized spacial score (nSPS) is 13.1. The molecular formula is C24H31ClN2OS. The lowest BCUT2D eigenvalue weighted by Crippen LogP contribution is -2.31. The van der Waals surface area contributed by atoms with Crippen LogP contribution in [0.2, 0.25) is 0 Å². The van der Waals surface area contributed by atoms with E-state index in [1.165, 1.54) is 0 Å². The van der Waals surface area contributed by atoms with Crippen LogP contribution in [-0.4, -0.2) is 41.3 Å². The first-order chi connectivity index (χ1) is 13.9. The maximum atomic E-state index is 13.0. The summed E-state index contributed by atoms with van der Waals surface area (Å²) >= 11 is 8.27. The fourth-order valence-electron chi connectivity index (χ4n) is 2.62. The molecule has 0 radical (unpaired) electrons. The molecule has 0 aromatic carbocycles. The van der Waals surface area contributed by atoms with Gasteiger partial charge in [-0.25, -0.2) is 0 Å². The average Bonchev–Trinajstić information content (AvgIpc) is 2.65. The number of nitrogens with zero attached hydrogens (tertiary/aromatic N) is 2. The molecule has 0 aliphatic heterocycles. The first kappa shape index (κ1) is 24.9. The number of likely N-dealkylation sites (N-methyl/N-ethyl adjacent to an activating group) is 2. The second kappa shape index (κ2) is 14.0. The molecule has 1 amide bonds. The van der Waals surface area contributed by atoms with Crippen molar-refractivity contribution in [3.8, 4) is 0 Å². The molecule has 0 spiro atoms. The molecule has 0 bridgehead atoms. The summed E-state index contributed by atoms with van der Waals surface area (Å²) in [5.74, 6) is 0.945. The van der Waals surface area contributed by atoms with E-state index in [0.717, 1.165) is 29.9 Å². The summed E-state index contributed by atoms with van der Waals surface area (Å²) in [6, 6.07) is 0. The summed E-state index contributed by atoms with van der Waals surface area (Å²) in [6.45, 7) is 8.35. The number of allylic oxidation sites excluding steroid dienone is 5. The number of hydrogen-bond acceptors (Lipinski definition) is 3. The second-order valence-electron chi connectivity index (χ2n) is 6.45. The van der Waals surface area contributed by atoms with Gasteiger partial charge in [0.25, 0.3) is 0 Å². The lowest BCUT2D eigenvalue weighted by molar-refractivity contribution is -0.128. The molecule has 156 valence electrons. The summed E-state index contributed by atoms with van der Waals surface area (Å²) in [5.41, 5.74) is 8.66. The summed E-state index contributed by atoms with van der Waals surface area (Å²) in [5, 5.41) is 0.394. The van der Waals surface area contributed by atoms with Crippen LogP contribution in [0.1, 0.15) is 33.1 Å². The zero-order valence-electron chi connectivity index (χ0n) is 17.9. The summed E-state index contributed by atoms with van der Waals surface area (Å²) in [7, 11) is 1.93. The summed E-state index contributed by atoms with van der Waals surface area (Å²) in [4.78, 5) is 16.6. The molecule has 0 unspecified atom stereocenters. The molecule has 1 aliphatic rings. The standard InChI is InChI=1S/C24H31ClN2OS/c1-6-13-22(25)23(19-26(4)21-14-11-9-8-10-12-15-21)27(7-2)24(28)18-20(3)16-17-29-5/h6,9-11,14-15,19H,3,7-8,16-18H2,1-2,4-5H3. The van der Waals surface area contributed by atoms with Crippen molar-refractivity contribution in [3.05, 3.63) is 82.7 Å². The van der Waals surface area contributed by atoms with E-state index in [4.69, 9.17) is 11.6 Å².